The van der Waals surface area contributed by atoms with E-state index >= 15 is 0 Å². The maximum Gasteiger partial charge on any atom is 0.254 e. The van der Waals surface area contributed by atoms with E-state index in [0.29, 0.717) is 82.8 Å². The third-order valence-electron chi connectivity index (χ3n) is 9.49. The number of hydrogen-bond donors (Lipinski definition) is 2. The summed E-state index contributed by atoms with van der Waals surface area (Å²) in [5, 5.41) is 14.3. The molecule has 0 saturated carbocycles. The highest BCUT2D eigenvalue weighted by atomic mass is 16.5. The van der Waals surface area contributed by atoms with Gasteiger partial charge < -0.3 is 34.3 Å². The Morgan fingerprint density at radius 2 is 1.04 bits per heavy atom. The summed E-state index contributed by atoms with van der Waals surface area (Å²) < 4.78 is 16.5. The normalized spacial score (nSPS) is 16.6. The zero-order valence-corrected chi connectivity index (χ0v) is 29.3. The van der Waals surface area contributed by atoms with Crippen LogP contribution in [-0.4, -0.2) is 83.0 Å². The maximum atomic E-state index is 13.3. The molecular weight excluding hydrogens is 676 g/mol. The Morgan fingerprint density at radius 3 is 1.43 bits per heavy atom. The molecule has 0 aliphatic carbocycles. The van der Waals surface area contributed by atoms with Crippen molar-refractivity contribution in [1.82, 2.24) is 20.0 Å². The molecule has 2 N–H and O–H groups in total. The first-order valence-electron chi connectivity index (χ1n) is 17.4. The molecule has 53 heavy (non-hydrogen) atoms. The number of rotatable bonds is 10. The largest absolute Gasteiger partial charge is 0.497 e. The summed E-state index contributed by atoms with van der Waals surface area (Å²) >= 11 is 0. The fourth-order valence-corrected chi connectivity index (χ4v) is 6.71. The SMILES string of the molecule is COc1cccc(C(=O)N2CCCC2C(=O)Nc2ccc(-c3nnc(-c4ccc(NC(=O)C5CCCN5C(=O)c5cccc(OC)c5)cc4)o3)cc2)c1. The highest BCUT2D eigenvalue weighted by Gasteiger charge is 2.36. The van der Waals surface area contributed by atoms with Crippen LogP contribution in [0.5, 0.6) is 11.5 Å². The van der Waals surface area contributed by atoms with Gasteiger partial charge in [0.1, 0.15) is 23.6 Å². The predicted molar refractivity (Wildman–Crippen MR) is 197 cm³/mol. The van der Waals surface area contributed by atoms with Crippen molar-refractivity contribution >= 4 is 35.0 Å². The Labute approximate surface area is 305 Å². The number of carbonyl (C=O) groups excluding carboxylic acids is 4. The summed E-state index contributed by atoms with van der Waals surface area (Å²) in [4.78, 5) is 56.2. The van der Waals surface area contributed by atoms with Gasteiger partial charge in [-0.1, -0.05) is 12.1 Å². The fourth-order valence-electron chi connectivity index (χ4n) is 6.71. The molecule has 13 nitrogen and oxygen atoms in total. The van der Waals surface area contributed by atoms with E-state index < -0.39 is 12.1 Å². The van der Waals surface area contributed by atoms with Gasteiger partial charge in [0.2, 0.25) is 23.6 Å². The van der Waals surface area contributed by atoms with Gasteiger partial charge in [0.25, 0.3) is 11.8 Å². The Balaban J connectivity index is 0.947. The quantitative estimate of drug-likeness (QED) is 0.180. The molecule has 2 aliphatic heterocycles. The Kier molecular flexibility index (Phi) is 10.1. The minimum Gasteiger partial charge on any atom is -0.497 e. The standard InChI is InChI=1S/C40H38N6O7/c1-51-31-9-3-7-27(23-31)39(49)45-21-5-11-33(45)35(47)41-29-17-13-25(14-18-29)37-43-44-38(53-37)26-15-19-30(20-16-26)42-36(48)34-12-6-22-46(34)40(50)28-8-4-10-32(24-28)52-2/h3-4,7-10,13-20,23-24,33-34H,5-6,11-12,21-22H2,1-2H3,(H,41,47)(H,42,48). The van der Waals surface area contributed by atoms with Gasteiger partial charge in [-0.2, -0.15) is 0 Å². The summed E-state index contributed by atoms with van der Waals surface area (Å²) in [7, 11) is 3.09. The van der Waals surface area contributed by atoms with Crippen molar-refractivity contribution in [2.24, 2.45) is 0 Å². The average Bonchev–Trinajstić information content (AvgIpc) is 4.00. The van der Waals surface area contributed by atoms with E-state index in [1.165, 1.54) is 0 Å². The first kappa shape index (κ1) is 34.9. The van der Waals surface area contributed by atoms with Gasteiger partial charge in [-0.3, -0.25) is 19.2 Å². The van der Waals surface area contributed by atoms with E-state index in [1.54, 1.807) is 121 Å². The van der Waals surface area contributed by atoms with Gasteiger partial charge in [-0.05, 0) is 111 Å². The smallest absolute Gasteiger partial charge is 0.254 e. The zero-order chi connectivity index (χ0) is 36.9. The van der Waals surface area contributed by atoms with Crippen LogP contribution in [-0.2, 0) is 9.59 Å². The van der Waals surface area contributed by atoms with Crippen LogP contribution in [0.1, 0.15) is 46.4 Å². The topological polar surface area (TPSA) is 156 Å². The maximum absolute atomic E-state index is 13.3. The number of benzene rings is 4. The van der Waals surface area contributed by atoms with Crippen LogP contribution in [0.4, 0.5) is 11.4 Å². The van der Waals surface area contributed by atoms with Crippen LogP contribution in [0.2, 0.25) is 0 Å². The van der Waals surface area contributed by atoms with Crippen molar-refractivity contribution in [2.45, 2.75) is 37.8 Å². The number of amides is 4. The molecule has 1 aromatic heterocycles. The molecule has 2 unspecified atom stereocenters. The van der Waals surface area contributed by atoms with Crippen molar-refractivity contribution in [3.8, 4) is 34.4 Å². The van der Waals surface area contributed by atoms with E-state index in [0.717, 1.165) is 12.8 Å². The lowest BCUT2D eigenvalue weighted by Crippen LogP contribution is -2.43. The molecule has 0 radical (unpaired) electrons. The molecule has 0 spiro atoms. The Morgan fingerprint density at radius 1 is 0.623 bits per heavy atom. The molecule has 0 bridgehead atoms. The lowest BCUT2D eigenvalue weighted by molar-refractivity contribution is -0.120. The number of nitrogens with one attached hydrogen (secondary N) is 2. The molecule has 7 rings (SSSR count). The number of anilines is 2. The molecule has 2 fully saturated rings. The molecule has 3 heterocycles. The Hall–Kier alpha value is -6.50. The van der Waals surface area contributed by atoms with Crippen LogP contribution in [0.15, 0.2) is 101 Å². The van der Waals surface area contributed by atoms with Crippen LogP contribution in [0, 0.1) is 0 Å². The zero-order valence-electron chi connectivity index (χ0n) is 29.3. The molecule has 270 valence electrons. The van der Waals surface area contributed by atoms with Gasteiger partial charge in [-0.15, -0.1) is 10.2 Å². The first-order chi connectivity index (χ1) is 25.8. The molecule has 4 aromatic carbocycles. The highest BCUT2D eigenvalue weighted by Crippen LogP contribution is 2.28. The molecule has 5 aromatic rings. The second kappa shape index (κ2) is 15.4. The van der Waals surface area contributed by atoms with Crippen LogP contribution in [0.3, 0.4) is 0 Å². The number of aromatic nitrogens is 2. The molecule has 2 aliphatic rings. The average molecular weight is 715 g/mol. The minimum atomic E-state index is -0.585. The van der Waals surface area contributed by atoms with Crippen molar-refractivity contribution < 1.29 is 33.1 Å². The predicted octanol–water partition coefficient (Wildman–Crippen LogP) is 5.91. The van der Waals surface area contributed by atoms with Gasteiger partial charge in [-0.25, -0.2) is 0 Å². The first-order valence-corrected chi connectivity index (χ1v) is 17.4. The van der Waals surface area contributed by atoms with Crippen molar-refractivity contribution in [3.05, 3.63) is 108 Å². The Bertz CT molecular complexity index is 1980. The van der Waals surface area contributed by atoms with Crippen molar-refractivity contribution in [1.29, 1.82) is 0 Å². The highest BCUT2D eigenvalue weighted by molar-refractivity contribution is 6.03. The summed E-state index contributed by atoms with van der Waals surface area (Å²) in [6.07, 6.45) is 2.61. The van der Waals surface area contributed by atoms with E-state index in [1.807, 2.05) is 0 Å². The van der Waals surface area contributed by atoms with Crippen LogP contribution >= 0.6 is 0 Å². The molecule has 2 atom stereocenters. The third kappa shape index (κ3) is 7.59. The van der Waals surface area contributed by atoms with Gasteiger partial charge in [0.05, 0.1) is 14.2 Å². The molecule has 13 heteroatoms. The minimum absolute atomic E-state index is 0.210. The van der Waals surface area contributed by atoms with Crippen LogP contribution in [0.25, 0.3) is 22.9 Å². The monoisotopic (exact) mass is 714 g/mol. The van der Waals surface area contributed by atoms with E-state index in [2.05, 4.69) is 20.8 Å². The molecule has 2 saturated heterocycles. The molecular formula is C40H38N6O7. The van der Waals surface area contributed by atoms with Crippen molar-refractivity contribution in [3.63, 3.8) is 0 Å². The lowest BCUT2D eigenvalue weighted by atomic mass is 10.1. The molecule has 4 amide bonds. The number of hydrogen-bond acceptors (Lipinski definition) is 9. The van der Waals surface area contributed by atoms with Crippen LogP contribution < -0.4 is 20.1 Å². The second-order valence-electron chi connectivity index (χ2n) is 12.8. The lowest BCUT2D eigenvalue weighted by Gasteiger charge is -2.24. The van der Waals surface area contributed by atoms with Gasteiger partial charge >= 0.3 is 0 Å². The van der Waals surface area contributed by atoms with Gasteiger partial charge in [0.15, 0.2) is 0 Å². The summed E-state index contributed by atoms with van der Waals surface area (Å²) in [5.74, 6) is 0.818. The van der Waals surface area contributed by atoms with E-state index in [4.69, 9.17) is 13.9 Å². The number of methoxy groups -OCH3 is 2. The van der Waals surface area contributed by atoms with E-state index in [-0.39, 0.29) is 23.6 Å². The summed E-state index contributed by atoms with van der Waals surface area (Å²) in [6.45, 7) is 0.994. The third-order valence-corrected chi connectivity index (χ3v) is 9.49. The number of ether oxygens (including phenoxy) is 2. The summed E-state index contributed by atoms with van der Waals surface area (Å²) in [6, 6.07) is 26.7. The number of likely N-dealkylation sites (tertiary alicyclic amines) is 2. The number of carbonyl (C=O) groups is 4. The number of nitrogens with zero attached hydrogens (tertiary/aromatic N) is 4. The van der Waals surface area contributed by atoms with Crippen molar-refractivity contribution in [2.75, 3.05) is 37.9 Å². The second-order valence-corrected chi connectivity index (χ2v) is 12.8. The summed E-state index contributed by atoms with van der Waals surface area (Å²) in [5.41, 5.74) is 3.41. The van der Waals surface area contributed by atoms with Gasteiger partial charge in [0, 0.05) is 46.7 Å². The van der Waals surface area contributed by atoms with E-state index in [9.17, 15) is 19.2 Å². The fraction of sp³-hybridized carbons (Fsp3) is 0.250.